The average molecular weight is 330 g/mol. The van der Waals surface area contributed by atoms with Gasteiger partial charge < -0.3 is 14.6 Å². The lowest BCUT2D eigenvalue weighted by Crippen LogP contribution is -2.31. The molecule has 2 aromatic rings. The van der Waals surface area contributed by atoms with Crippen LogP contribution in [-0.2, 0) is 11.2 Å². The molecule has 0 fully saturated rings. The number of aryl methyl sites for hydroxylation is 2. The molecule has 130 valence electrons. The van der Waals surface area contributed by atoms with Crippen molar-refractivity contribution in [1.29, 1.82) is 0 Å². The topological polar surface area (TPSA) is 64.4 Å². The van der Waals surface area contributed by atoms with Crippen LogP contribution in [-0.4, -0.2) is 18.2 Å². The molecule has 0 saturated heterocycles. The number of aromatic nitrogens is 1. The van der Waals surface area contributed by atoms with Crippen LogP contribution >= 0.6 is 0 Å². The van der Waals surface area contributed by atoms with Gasteiger partial charge in [0.05, 0.1) is 18.8 Å². The van der Waals surface area contributed by atoms with E-state index in [9.17, 15) is 4.79 Å². The monoisotopic (exact) mass is 330 g/mol. The molecule has 0 bridgehead atoms. The van der Waals surface area contributed by atoms with Crippen molar-refractivity contribution < 1.29 is 14.1 Å². The molecular weight excluding hydrogens is 304 g/mol. The molecule has 24 heavy (non-hydrogen) atoms. The van der Waals surface area contributed by atoms with E-state index in [4.69, 9.17) is 9.26 Å². The Balaban J connectivity index is 2.00. The molecule has 0 aliphatic rings. The van der Waals surface area contributed by atoms with E-state index >= 15 is 0 Å². The Labute approximate surface area is 143 Å². The highest BCUT2D eigenvalue weighted by Gasteiger charge is 2.19. The molecule has 0 spiro atoms. The van der Waals surface area contributed by atoms with Crippen molar-refractivity contribution in [1.82, 2.24) is 10.5 Å². The van der Waals surface area contributed by atoms with Gasteiger partial charge in [-0.25, -0.2) is 0 Å². The number of nitrogens with zero attached hydrogens (tertiary/aromatic N) is 1. The number of hydrogen-bond donors (Lipinski definition) is 1. The second-order valence-corrected chi connectivity index (χ2v) is 6.37. The Morgan fingerprint density at radius 3 is 2.42 bits per heavy atom. The first-order valence-corrected chi connectivity index (χ1v) is 8.27. The maximum absolute atomic E-state index is 12.4. The van der Waals surface area contributed by atoms with E-state index in [1.807, 2.05) is 38.1 Å². The quantitative estimate of drug-likeness (QED) is 0.840. The molecule has 1 aromatic heterocycles. The Morgan fingerprint density at radius 2 is 1.92 bits per heavy atom. The molecule has 0 saturated carbocycles. The summed E-state index contributed by atoms with van der Waals surface area (Å²) in [7, 11) is 1.64. The number of benzene rings is 1. The summed E-state index contributed by atoms with van der Waals surface area (Å²) in [6, 6.07) is 7.81. The molecule has 1 amide bonds. The minimum Gasteiger partial charge on any atom is -0.497 e. The van der Waals surface area contributed by atoms with Crippen LogP contribution in [0.1, 0.15) is 48.9 Å². The first kappa shape index (κ1) is 18.0. The number of ether oxygens (including phenoxy) is 1. The van der Waals surface area contributed by atoms with Crippen molar-refractivity contribution in [2.24, 2.45) is 5.92 Å². The van der Waals surface area contributed by atoms with Gasteiger partial charge in [-0.2, -0.15) is 0 Å². The Kier molecular flexibility index (Phi) is 6.01. The first-order valence-electron chi connectivity index (χ1n) is 8.27. The SMILES string of the molecule is COc1ccc(C(NC(=O)CCc2c(C)noc2C)C(C)C)cc1. The second kappa shape index (κ2) is 7.99. The summed E-state index contributed by atoms with van der Waals surface area (Å²) >= 11 is 0. The third-order valence-electron chi connectivity index (χ3n) is 4.24. The van der Waals surface area contributed by atoms with Gasteiger partial charge in [0, 0.05) is 12.0 Å². The fourth-order valence-corrected chi connectivity index (χ4v) is 2.79. The summed E-state index contributed by atoms with van der Waals surface area (Å²) in [5.41, 5.74) is 2.96. The van der Waals surface area contributed by atoms with Crippen molar-refractivity contribution in [3.8, 4) is 5.75 Å². The number of hydrogen-bond acceptors (Lipinski definition) is 4. The molecule has 5 nitrogen and oxygen atoms in total. The van der Waals surface area contributed by atoms with Gasteiger partial charge in [-0.05, 0) is 43.9 Å². The van der Waals surface area contributed by atoms with Gasteiger partial charge in [0.1, 0.15) is 11.5 Å². The van der Waals surface area contributed by atoms with Crippen LogP contribution in [0.15, 0.2) is 28.8 Å². The van der Waals surface area contributed by atoms with Crippen molar-refractivity contribution in [2.75, 3.05) is 7.11 Å². The molecule has 1 heterocycles. The van der Waals surface area contributed by atoms with Crippen molar-refractivity contribution in [3.05, 3.63) is 46.8 Å². The van der Waals surface area contributed by atoms with E-state index in [0.29, 0.717) is 18.8 Å². The number of nitrogens with one attached hydrogen (secondary N) is 1. The summed E-state index contributed by atoms with van der Waals surface area (Å²) in [4.78, 5) is 12.4. The molecule has 0 radical (unpaired) electrons. The van der Waals surface area contributed by atoms with E-state index in [-0.39, 0.29) is 11.9 Å². The Morgan fingerprint density at radius 1 is 1.25 bits per heavy atom. The Bertz CT molecular complexity index is 655. The van der Waals surface area contributed by atoms with Crippen molar-refractivity contribution in [3.63, 3.8) is 0 Å². The van der Waals surface area contributed by atoms with Crippen molar-refractivity contribution >= 4 is 5.91 Å². The second-order valence-electron chi connectivity index (χ2n) is 6.37. The lowest BCUT2D eigenvalue weighted by Gasteiger charge is -2.23. The lowest BCUT2D eigenvalue weighted by molar-refractivity contribution is -0.122. The largest absolute Gasteiger partial charge is 0.497 e. The van der Waals surface area contributed by atoms with Crippen LogP contribution in [0, 0.1) is 19.8 Å². The Hall–Kier alpha value is -2.30. The van der Waals surface area contributed by atoms with E-state index in [0.717, 1.165) is 28.3 Å². The summed E-state index contributed by atoms with van der Waals surface area (Å²) < 4.78 is 10.3. The van der Waals surface area contributed by atoms with E-state index in [1.165, 1.54) is 0 Å². The third-order valence-corrected chi connectivity index (χ3v) is 4.24. The molecule has 2 rings (SSSR count). The van der Waals surface area contributed by atoms with Crippen LogP contribution in [0.3, 0.4) is 0 Å². The molecule has 1 aromatic carbocycles. The third kappa shape index (κ3) is 4.37. The van der Waals surface area contributed by atoms with Crippen molar-refractivity contribution in [2.45, 2.75) is 46.6 Å². The zero-order valence-electron chi connectivity index (χ0n) is 15.1. The fourth-order valence-electron chi connectivity index (χ4n) is 2.79. The highest BCUT2D eigenvalue weighted by Crippen LogP contribution is 2.24. The summed E-state index contributed by atoms with van der Waals surface area (Å²) in [6.07, 6.45) is 1.06. The van der Waals surface area contributed by atoms with Gasteiger partial charge >= 0.3 is 0 Å². The van der Waals surface area contributed by atoms with Crippen LogP contribution in [0.2, 0.25) is 0 Å². The van der Waals surface area contributed by atoms with Gasteiger partial charge in [0.2, 0.25) is 5.91 Å². The van der Waals surface area contributed by atoms with Gasteiger partial charge in [-0.3, -0.25) is 4.79 Å². The number of methoxy groups -OCH3 is 1. The normalized spacial score (nSPS) is 12.2. The van der Waals surface area contributed by atoms with Crippen LogP contribution < -0.4 is 10.1 Å². The minimum absolute atomic E-state index is 0.0203. The zero-order valence-corrected chi connectivity index (χ0v) is 15.1. The molecule has 1 unspecified atom stereocenters. The minimum atomic E-state index is -0.0203. The van der Waals surface area contributed by atoms with E-state index < -0.39 is 0 Å². The van der Waals surface area contributed by atoms with Crippen LogP contribution in [0.4, 0.5) is 0 Å². The van der Waals surface area contributed by atoms with Gasteiger partial charge in [0.15, 0.2) is 0 Å². The highest BCUT2D eigenvalue weighted by atomic mass is 16.5. The first-order chi connectivity index (χ1) is 11.4. The number of rotatable bonds is 7. The molecule has 5 heteroatoms. The number of amides is 1. The summed E-state index contributed by atoms with van der Waals surface area (Å²) in [5, 5.41) is 7.07. The smallest absolute Gasteiger partial charge is 0.220 e. The average Bonchev–Trinajstić information content (AvgIpc) is 2.89. The fraction of sp³-hybridized carbons (Fsp3) is 0.474. The van der Waals surface area contributed by atoms with E-state index in [2.05, 4.69) is 24.3 Å². The maximum atomic E-state index is 12.4. The molecule has 1 N–H and O–H groups in total. The molecule has 1 atom stereocenters. The molecular formula is C19H26N2O3. The standard InChI is InChI=1S/C19H26N2O3/c1-12(2)19(15-6-8-16(23-5)9-7-15)20-18(22)11-10-17-13(3)21-24-14(17)4/h6-9,12,19H,10-11H2,1-5H3,(H,20,22). The summed E-state index contributed by atoms with van der Waals surface area (Å²) in [5.74, 6) is 1.92. The predicted molar refractivity (Wildman–Crippen MR) is 93.0 cm³/mol. The summed E-state index contributed by atoms with van der Waals surface area (Å²) in [6.45, 7) is 7.98. The maximum Gasteiger partial charge on any atom is 0.220 e. The number of carbonyl (C=O) groups is 1. The lowest BCUT2D eigenvalue weighted by atomic mass is 9.95. The van der Waals surface area contributed by atoms with Gasteiger partial charge in [0.25, 0.3) is 0 Å². The van der Waals surface area contributed by atoms with Crippen LogP contribution in [0.5, 0.6) is 5.75 Å². The van der Waals surface area contributed by atoms with Gasteiger partial charge in [-0.15, -0.1) is 0 Å². The molecule has 0 aliphatic carbocycles. The highest BCUT2D eigenvalue weighted by molar-refractivity contribution is 5.76. The number of carbonyl (C=O) groups excluding carboxylic acids is 1. The predicted octanol–water partition coefficient (Wildman–Crippen LogP) is 3.75. The zero-order chi connectivity index (χ0) is 17.7. The van der Waals surface area contributed by atoms with Crippen LogP contribution in [0.25, 0.3) is 0 Å². The van der Waals surface area contributed by atoms with Gasteiger partial charge in [-0.1, -0.05) is 31.1 Å². The van der Waals surface area contributed by atoms with E-state index in [1.54, 1.807) is 7.11 Å². The molecule has 0 aliphatic heterocycles.